The Hall–Kier alpha value is -3.26. The third-order valence-electron chi connectivity index (χ3n) is 6.94. The maximum Gasteiger partial charge on any atom is 0.340 e. The van der Waals surface area contributed by atoms with Crippen LogP contribution in [0.5, 0.6) is 5.88 Å². The molecule has 1 atom stereocenters. The van der Waals surface area contributed by atoms with Crippen LogP contribution in [0.25, 0.3) is 10.8 Å². The van der Waals surface area contributed by atoms with Gasteiger partial charge in [-0.1, -0.05) is 6.92 Å². The number of hydrogen-bond donors (Lipinski definition) is 2. The smallest absolute Gasteiger partial charge is 0.340 e. The monoisotopic (exact) mass is 461 g/mol. The first-order chi connectivity index (χ1) is 15.9. The molecule has 34 heavy (non-hydrogen) atoms. The maximum absolute atomic E-state index is 12.4. The van der Waals surface area contributed by atoms with Gasteiger partial charge in [0.2, 0.25) is 5.88 Å². The van der Waals surface area contributed by atoms with E-state index in [0.29, 0.717) is 28.8 Å². The van der Waals surface area contributed by atoms with Crippen LogP contribution in [0.4, 0.5) is 11.6 Å². The Kier molecular flexibility index (Phi) is 4.88. The molecule has 0 saturated heterocycles. The summed E-state index contributed by atoms with van der Waals surface area (Å²) < 4.78 is 11.8. The largest absolute Gasteiger partial charge is 0.471 e. The molecule has 3 aromatic rings. The van der Waals surface area contributed by atoms with Gasteiger partial charge in [0, 0.05) is 23.9 Å². The van der Waals surface area contributed by atoms with E-state index in [2.05, 4.69) is 22.2 Å². The highest BCUT2D eigenvalue weighted by Crippen LogP contribution is 2.42. The third kappa shape index (κ3) is 3.96. The predicted octanol–water partition coefficient (Wildman–Crippen LogP) is 4.95. The van der Waals surface area contributed by atoms with Gasteiger partial charge in [0.15, 0.2) is 0 Å². The third-order valence-corrected chi connectivity index (χ3v) is 6.94. The van der Waals surface area contributed by atoms with Crippen LogP contribution in [-0.4, -0.2) is 32.1 Å². The number of carbonyl (C=O) groups excluding carboxylic acids is 1. The number of nitrogens with two attached hydrogens (primary N) is 1. The zero-order valence-corrected chi connectivity index (χ0v) is 20.5. The molecular weight excluding hydrogens is 430 g/mol. The van der Waals surface area contributed by atoms with Crippen molar-refractivity contribution in [2.75, 3.05) is 5.32 Å². The molecule has 1 saturated carbocycles. The van der Waals surface area contributed by atoms with Crippen molar-refractivity contribution < 1.29 is 14.3 Å². The summed E-state index contributed by atoms with van der Waals surface area (Å²) in [4.78, 5) is 26.3. The summed E-state index contributed by atoms with van der Waals surface area (Å²) in [6, 6.07) is 5.46. The number of fused-ring (bicyclic) bond motifs is 2. The Morgan fingerprint density at radius 3 is 2.53 bits per heavy atom. The highest BCUT2D eigenvalue weighted by molar-refractivity contribution is 5.93. The summed E-state index contributed by atoms with van der Waals surface area (Å²) in [6.07, 6.45) is 5.59. The number of rotatable bonds is 5. The van der Waals surface area contributed by atoms with E-state index in [4.69, 9.17) is 20.2 Å². The topological polar surface area (TPSA) is 112 Å². The summed E-state index contributed by atoms with van der Waals surface area (Å²) >= 11 is 0. The first kappa shape index (κ1) is 22.5. The van der Waals surface area contributed by atoms with E-state index < -0.39 is 11.1 Å². The van der Waals surface area contributed by atoms with Crippen molar-refractivity contribution >= 4 is 28.4 Å². The lowest BCUT2D eigenvalue weighted by Crippen LogP contribution is -2.39. The molecule has 0 unspecified atom stereocenters. The normalized spacial score (nSPS) is 20.4. The van der Waals surface area contributed by atoms with Gasteiger partial charge in [-0.2, -0.15) is 0 Å². The van der Waals surface area contributed by atoms with Crippen LogP contribution in [0.3, 0.4) is 0 Å². The summed E-state index contributed by atoms with van der Waals surface area (Å²) in [5, 5.41) is 5.04. The van der Waals surface area contributed by atoms with Crippen LogP contribution in [0, 0.1) is 0 Å². The predicted molar refractivity (Wildman–Crippen MR) is 130 cm³/mol. The number of hydrogen-bond acceptors (Lipinski definition) is 8. The number of anilines is 2. The molecule has 0 radical (unpaired) electrons. The van der Waals surface area contributed by atoms with E-state index in [1.165, 1.54) is 0 Å². The Labute approximate surface area is 199 Å². The summed E-state index contributed by atoms with van der Waals surface area (Å²) in [5.41, 5.74) is 7.20. The van der Waals surface area contributed by atoms with Crippen LogP contribution in [0.2, 0.25) is 0 Å². The second-order valence-electron chi connectivity index (χ2n) is 10.8. The Bertz CT molecular complexity index is 1310. The molecule has 1 aliphatic heterocycles. The number of cyclic esters (lactones) is 1. The summed E-state index contributed by atoms with van der Waals surface area (Å²) in [5.74, 6) is 1.40. The zero-order chi connectivity index (χ0) is 24.5. The first-order valence-corrected chi connectivity index (χ1v) is 11.6. The van der Waals surface area contributed by atoms with Crippen molar-refractivity contribution in [2.24, 2.45) is 5.73 Å². The number of nitrogens with zero attached hydrogens (tertiary/aromatic N) is 3. The number of aromatic nitrogens is 3. The van der Waals surface area contributed by atoms with Gasteiger partial charge in [-0.15, -0.1) is 0 Å². The minimum atomic E-state index is -0.625. The quantitative estimate of drug-likeness (QED) is 0.514. The minimum Gasteiger partial charge on any atom is -0.471 e. The van der Waals surface area contributed by atoms with Gasteiger partial charge in [0.25, 0.3) is 0 Å². The molecule has 8 heteroatoms. The van der Waals surface area contributed by atoms with Gasteiger partial charge in [0.05, 0.1) is 16.6 Å². The molecule has 0 amide bonds. The molecule has 0 aromatic carbocycles. The molecule has 2 aliphatic rings. The van der Waals surface area contributed by atoms with Crippen molar-refractivity contribution in [1.29, 1.82) is 0 Å². The highest BCUT2D eigenvalue weighted by atomic mass is 16.6. The molecule has 1 fully saturated rings. The molecule has 5 rings (SSSR count). The Morgan fingerprint density at radius 1 is 1.12 bits per heavy atom. The molecule has 0 bridgehead atoms. The van der Waals surface area contributed by atoms with Gasteiger partial charge < -0.3 is 20.5 Å². The molecule has 3 aromatic heterocycles. The maximum atomic E-state index is 12.4. The number of ether oxygens (including phenoxy) is 2. The summed E-state index contributed by atoms with van der Waals surface area (Å²) in [7, 11) is 0. The standard InChI is InChI=1S/C26H31N5O3/c1-14-21-15(23(32)34-25(14,4)5)7-8-19(31-21)30-20-11-16-17(12-28-20)22(33-26(6)9-10-26)29-13-18(16)24(2,3)27/h7-8,11-14H,9-10,27H2,1-6H3,(H,28,30,31)/t14-/m1/s1. The van der Waals surface area contributed by atoms with E-state index in [1.807, 2.05) is 40.7 Å². The number of nitrogens with one attached hydrogen (secondary N) is 1. The lowest BCUT2D eigenvalue weighted by atomic mass is 9.84. The van der Waals surface area contributed by atoms with E-state index in [9.17, 15) is 4.79 Å². The van der Waals surface area contributed by atoms with Crippen molar-refractivity contribution in [3.05, 3.63) is 47.4 Å². The molecule has 178 valence electrons. The molecule has 8 nitrogen and oxygen atoms in total. The van der Waals surface area contributed by atoms with Crippen LogP contribution < -0.4 is 15.8 Å². The number of carbonyl (C=O) groups is 1. The lowest BCUT2D eigenvalue weighted by molar-refractivity contribution is -0.0189. The van der Waals surface area contributed by atoms with Crippen molar-refractivity contribution in [1.82, 2.24) is 15.0 Å². The van der Waals surface area contributed by atoms with Crippen molar-refractivity contribution in [2.45, 2.75) is 77.0 Å². The molecular formula is C26H31N5O3. The number of esters is 1. The Morgan fingerprint density at radius 2 is 1.85 bits per heavy atom. The van der Waals surface area contributed by atoms with Gasteiger partial charge >= 0.3 is 5.97 Å². The zero-order valence-electron chi connectivity index (χ0n) is 20.5. The van der Waals surface area contributed by atoms with Crippen molar-refractivity contribution in [3.63, 3.8) is 0 Å². The minimum absolute atomic E-state index is 0.0503. The van der Waals surface area contributed by atoms with Gasteiger partial charge in [0.1, 0.15) is 22.8 Å². The van der Waals surface area contributed by atoms with Gasteiger partial charge in [-0.25, -0.2) is 19.7 Å². The fourth-order valence-corrected chi connectivity index (χ4v) is 4.18. The highest BCUT2D eigenvalue weighted by Gasteiger charge is 2.41. The van der Waals surface area contributed by atoms with E-state index in [1.54, 1.807) is 24.5 Å². The van der Waals surface area contributed by atoms with Crippen LogP contribution in [0.15, 0.2) is 30.6 Å². The fraction of sp³-hybridized carbons (Fsp3) is 0.462. The molecule has 4 heterocycles. The summed E-state index contributed by atoms with van der Waals surface area (Å²) in [6.45, 7) is 11.8. The van der Waals surface area contributed by atoms with Crippen LogP contribution >= 0.6 is 0 Å². The van der Waals surface area contributed by atoms with E-state index in [-0.39, 0.29) is 17.5 Å². The average molecular weight is 462 g/mol. The van der Waals surface area contributed by atoms with E-state index in [0.717, 1.165) is 29.2 Å². The van der Waals surface area contributed by atoms with Gasteiger partial charge in [-0.3, -0.25) is 0 Å². The Balaban J connectivity index is 1.54. The first-order valence-electron chi connectivity index (χ1n) is 11.6. The fourth-order valence-electron chi connectivity index (χ4n) is 4.18. The van der Waals surface area contributed by atoms with Gasteiger partial charge in [-0.05, 0) is 76.6 Å². The SMILES string of the molecule is C[C@@H]1c2nc(Nc3cc4c(C(C)(C)N)cnc(OC5(C)CC5)c4cn3)ccc2C(=O)OC1(C)C. The second-order valence-corrected chi connectivity index (χ2v) is 10.8. The van der Waals surface area contributed by atoms with Crippen LogP contribution in [-0.2, 0) is 10.3 Å². The molecule has 3 N–H and O–H groups in total. The van der Waals surface area contributed by atoms with Crippen LogP contribution in [0.1, 0.15) is 81.9 Å². The van der Waals surface area contributed by atoms with Crippen molar-refractivity contribution in [3.8, 4) is 5.88 Å². The number of pyridine rings is 3. The second kappa shape index (κ2) is 7.37. The molecule has 1 aliphatic carbocycles. The van der Waals surface area contributed by atoms with E-state index >= 15 is 0 Å². The molecule has 0 spiro atoms. The lowest BCUT2D eigenvalue weighted by Gasteiger charge is -2.36. The average Bonchev–Trinajstić information content (AvgIpc) is 3.47.